The van der Waals surface area contributed by atoms with Crippen molar-refractivity contribution in [1.82, 2.24) is 31.9 Å². The average molecular weight is 1170 g/mol. The fourth-order valence-corrected chi connectivity index (χ4v) is 8.15. The lowest BCUT2D eigenvalue weighted by atomic mass is 10.0. The minimum absolute atomic E-state index is 0.0208. The summed E-state index contributed by atoms with van der Waals surface area (Å²) in [5, 5.41) is 26.0. The molecule has 0 aromatic carbocycles. The third kappa shape index (κ3) is 52.9. The summed E-state index contributed by atoms with van der Waals surface area (Å²) in [6.45, 7) is 1.42. The van der Waals surface area contributed by atoms with Crippen molar-refractivity contribution in [1.29, 1.82) is 0 Å². The summed E-state index contributed by atoms with van der Waals surface area (Å²) in [4.78, 5) is 108. The molecule has 0 aliphatic carbocycles. The Bertz CT molecular complexity index is 1620. The maximum absolute atomic E-state index is 13.6. The number of hydrogen-bond donors (Lipinski definition) is 7. The number of carbonyl (C=O) groups excluding carboxylic acids is 8. The summed E-state index contributed by atoms with van der Waals surface area (Å²) in [6, 6.07) is 0. The van der Waals surface area contributed by atoms with E-state index >= 15 is 0 Å². The van der Waals surface area contributed by atoms with Crippen molar-refractivity contribution in [3.63, 3.8) is 0 Å². The molecule has 0 bridgehead atoms. The third-order valence-corrected chi connectivity index (χ3v) is 12.7. The maximum atomic E-state index is 13.6. The predicted octanol–water partition coefficient (Wildman–Crippen LogP) is 8.42. The minimum atomic E-state index is -1.70. The van der Waals surface area contributed by atoms with Crippen LogP contribution in [0.1, 0.15) is 205 Å². The van der Waals surface area contributed by atoms with Gasteiger partial charge in [0.25, 0.3) is 0 Å². The number of halogens is 3. The number of amides is 6. The first kappa shape index (κ1) is 74.2. The van der Waals surface area contributed by atoms with Crippen molar-refractivity contribution >= 4 is 89.0 Å². The van der Waals surface area contributed by atoms with Crippen LogP contribution in [0.2, 0.25) is 0 Å². The summed E-state index contributed by atoms with van der Waals surface area (Å²) >= 11 is 16.9. The van der Waals surface area contributed by atoms with E-state index in [1.807, 2.05) is 0 Å². The molecule has 0 aliphatic rings. The molecule has 7 N–H and O–H groups in total. The van der Waals surface area contributed by atoms with Gasteiger partial charge >= 0.3 is 12.1 Å². The van der Waals surface area contributed by atoms with E-state index in [1.54, 1.807) is 0 Å². The van der Waals surface area contributed by atoms with Gasteiger partial charge in [-0.1, -0.05) is 131 Å². The van der Waals surface area contributed by atoms with Gasteiger partial charge in [-0.25, -0.2) is 4.79 Å². The first-order valence-corrected chi connectivity index (χ1v) is 29.9. The van der Waals surface area contributed by atoms with Gasteiger partial charge in [-0.05, 0) is 64.2 Å². The van der Waals surface area contributed by atoms with Crippen LogP contribution in [0.5, 0.6) is 0 Å². The molecule has 452 valence electrons. The number of ether oxygens (including phenoxy) is 4. The SMILES string of the molecule is O=CCCCCCCCNC(=O)CCOCC(COCCC(=O)NCCCCCCCC(=O)NCCCCCCCC(=O)O)(COCC(=O)NCCCCCCCC=O)NC(=O)CCCCCCCNC(=O)OCC(Cl)(Cl)Cl. The molecule has 1 atom stereocenters. The topological polar surface area (TPSA) is 283 Å². The number of carboxylic acids is 1. The first-order valence-electron chi connectivity index (χ1n) is 28.8. The van der Waals surface area contributed by atoms with Crippen LogP contribution in [0, 0.1) is 0 Å². The Morgan fingerprint density at radius 1 is 0.385 bits per heavy atom. The number of carbonyl (C=O) groups is 9. The molecule has 0 spiro atoms. The lowest BCUT2D eigenvalue weighted by Crippen LogP contribution is -2.59. The zero-order chi connectivity index (χ0) is 57.6. The molecule has 0 fully saturated rings. The van der Waals surface area contributed by atoms with Crippen LogP contribution in [0.15, 0.2) is 0 Å². The normalized spacial score (nSPS) is 12.0. The smallest absolute Gasteiger partial charge is 0.407 e. The monoisotopic (exact) mass is 1170 g/mol. The van der Waals surface area contributed by atoms with Gasteiger partial charge < -0.3 is 65.5 Å². The summed E-state index contributed by atoms with van der Waals surface area (Å²) in [5.74, 6) is -1.77. The summed E-state index contributed by atoms with van der Waals surface area (Å²) < 4.78 is 21.2. The zero-order valence-electron chi connectivity index (χ0n) is 46.7. The quantitative estimate of drug-likeness (QED) is 0.0171. The van der Waals surface area contributed by atoms with Gasteiger partial charge in [0.1, 0.15) is 31.3 Å². The van der Waals surface area contributed by atoms with Crippen LogP contribution >= 0.6 is 34.8 Å². The molecular formula is C55H97Cl3N6O14. The number of aliphatic carboxylic acids is 1. The molecule has 23 heteroatoms. The summed E-state index contributed by atoms with van der Waals surface area (Å²) in [5.41, 5.74) is -1.29. The first-order chi connectivity index (χ1) is 37.6. The van der Waals surface area contributed by atoms with Crippen LogP contribution < -0.4 is 31.9 Å². The molecule has 0 aromatic rings. The van der Waals surface area contributed by atoms with Gasteiger partial charge in [0.15, 0.2) is 0 Å². The number of alkyl carbamates (subject to hydrolysis) is 1. The van der Waals surface area contributed by atoms with E-state index in [4.69, 9.17) is 58.9 Å². The van der Waals surface area contributed by atoms with E-state index in [2.05, 4.69) is 31.9 Å². The van der Waals surface area contributed by atoms with Gasteiger partial charge in [-0.15, -0.1) is 0 Å². The highest BCUT2D eigenvalue weighted by Crippen LogP contribution is 2.26. The van der Waals surface area contributed by atoms with E-state index in [0.717, 1.165) is 154 Å². The zero-order valence-corrected chi connectivity index (χ0v) is 48.9. The molecule has 78 heavy (non-hydrogen) atoms. The van der Waals surface area contributed by atoms with E-state index in [0.29, 0.717) is 71.2 Å². The number of aldehydes is 2. The van der Waals surface area contributed by atoms with Gasteiger partial charge in [0.2, 0.25) is 33.3 Å². The second-order valence-electron chi connectivity index (χ2n) is 19.8. The Kier molecular flexibility index (Phi) is 50.0. The van der Waals surface area contributed by atoms with Crippen LogP contribution in [-0.2, 0) is 57.3 Å². The van der Waals surface area contributed by atoms with E-state index in [1.165, 1.54) is 0 Å². The Hall–Kier alpha value is -3.82. The highest BCUT2D eigenvalue weighted by Gasteiger charge is 2.34. The van der Waals surface area contributed by atoms with Crippen LogP contribution in [-0.4, -0.2) is 148 Å². The highest BCUT2D eigenvalue weighted by atomic mass is 35.6. The molecule has 0 heterocycles. The number of unbranched alkanes of at least 4 members (excludes halogenated alkanes) is 22. The predicted molar refractivity (Wildman–Crippen MR) is 303 cm³/mol. The second kappa shape index (κ2) is 52.5. The molecule has 0 saturated carbocycles. The third-order valence-electron chi connectivity index (χ3n) is 12.4. The Morgan fingerprint density at radius 3 is 1.15 bits per heavy atom. The van der Waals surface area contributed by atoms with Gasteiger partial charge in [-0.3, -0.25) is 28.8 Å². The Labute approximate surface area is 479 Å². The van der Waals surface area contributed by atoms with Gasteiger partial charge in [0, 0.05) is 77.7 Å². The van der Waals surface area contributed by atoms with Crippen LogP contribution in [0.4, 0.5) is 4.79 Å². The van der Waals surface area contributed by atoms with E-state index < -0.39 is 21.4 Å². The number of alkyl halides is 3. The second-order valence-corrected chi connectivity index (χ2v) is 22.4. The maximum Gasteiger partial charge on any atom is 0.407 e. The molecule has 0 radical (unpaired) electrons. The fraction of sp³-hybridized carbons (Fsp3) is 0.836. The lowest BCUT2D eigenvalue weighted by molar-refractivity contribution is -0.137. The van der Waals surface area contributed by atoms with Crippen molar-refractivity contribution in [2.24, 2.45) is 0 Å². The Balaban J connectivity index is 5.34. The largest absolute Gasteiger partial charge is 0.481 e. The Morgan fingerprint density at radius 2 is 0.731 bits per heavy atom. The van der Waals surface area contributed by atoms with Crippen molar-refractivity contribution in [2.45, 2.75) is 215 Å². The van der Waals surface area contributed by atoms with Crippen molar-refractivity contribution in [2.75, 3.05) is 79.0 Å². The molecule has 1 unspecified atom stereocenters. The number of rotatable bonds is 56. The standard InChI is InChI=1S/C55H97Cl3N6O14/c56-55(57,58)46-78-53(74)63-37-25-15-6-9-19-29-50(70)64-54(45-77-42-51(71)62-36-24-12-2-4-17-27-39-66,43-75-40-31-48(68)60-34-21-11-1-3-16-26-38-65)44-76-41-32-49(69)61-35-23-13-5-8-18-28-47(67)59-33-22-14-7-10-20-30-52(72)73/h38-39H,1-37,40-46H2,(H,59,67)(H,60,68)(H,61,69)(H,62,71)(H,63,74)(H,64,70)(H,72,73). The molecule has 0 aliphatic heterocycles. The van der Waals surface area contributed by atoms with Crippen LogP contribution in [0.25, 0.3) is 0 Å². The number of nitrogens with one attached hydrogen (secondary N) is 6. The van der Waals surface area contributed by atoms with Gasteiger partial charge in [0.05, 0.1) is 33.0 Å². The minimum Gasteiger partial charge on any atom is -0.481 e. The van der Waals surface area contributed by atoms with Crippen molar-refractivity contribution in [3.05, 3.63) is 0 Å². The molecule has 0 rings (SSSR count). The molecule has 20 nitrogen and oxygen atoms in total. The fourth-order valence-electron chi connectivity index (χ4n) is 7.99. The van der Waals surface area contributed by atoms with Crippen LogP contribution in [0.3, 0.4) is 0 Å². The van der Waals surface area contributed by atoms with E-state index in [-0.39, 0.29) is 101 Å². The molecule has 0 aromatic heterocycles. The van der Waals surface area contributed by atoms with Crippen molar-refractivity contribution < 1.29 is 67.2 Å². The molecule has 6 amide bonds. The average Bonchev–Trinajstić information content (AvgIpc) is 3.39. The summed E-state index contributed by atoms with van der Waals surface area (Å²) in [6.07, 6.45) is 24.4. The highest BCUT2D eigenvalue weighted by molar-refractivity contribution is 6.67. The lowest BCUT2D eigenvalue weighted by Gasteiger charge is -2.34. The summed E-state index contributed by atoms with van der Waals surface area (Å²) in [7, 11) is 0. The number of carboxylic acid groups (broad SMARTS) is 1. The van der Waals surface area contributed by atoms with Crippen molar-refractivity contribution in [3.8, 4) is 0 Å². The van der Waals surface area contributed by atoms with Gasteiger partial charge in [-0.2, -0.15) is 0 Å². The number of hydrogen-bond acceptors (Lipinski definition) is 13. The molecule has 0 saturated heterocycles. The molecular weight excluding hydrogens is 1070 g/mol. The van der Waals surface area contributed by atoms with E-state index in [9.17, 15) is 43.2 Å².